The summed E-state index contributed by atoms with van der Waals surface area (Å²) in [6.07, 6.45) is 33.5. The van der Waals surface area contributed by atoms with Crippen LogP contribution >= 0.6 is 63.4 Å². The SMILES string of the molecule is CCCCP(C(C)(C)C)C(C)(C)C.CCCCP(C(C)(C)C)C(C)(C)C.CCCCP(C(C)(C)C)C(C)(C)C.CCCCP(C(C)(C)C)C(C)(C)C.CCCCP(C(C)(C)C)C(C)(C)C.CCCCP(C(C)(C)C)C(C)(C)C.CCCCP(C(C)(C)C)C(C)(C)C.CCCCP(C(C)(C)C)C(C)(C)C.OB(O)F.OB(O)F.OB(O)F.OB(O)F. The highest BCUT2D eigenvalue weighted by molar-refractivity contribution is 7.63. The molecular weight excluding hydrogens is 1650 g/mol. The van der Waals surface area contributed by atoms with Crippen LogP contribution < -0.4 is 0 Å². The third kappa shape index (κ3) is 102. The van der Waals surface area contributed by atoms with E-state index in [1.807, 2.05) is 0 Å². The maximum Gasteiger partial charge on any atom is 0.674 e. The molecule has 0 aliphatic carbocycles. The Bertz CT molecular complexity index is 1670. The monoisotopic (exact) mass is 1870 g/mol. The normalized spacial score (nSPS) is 12.9. The predicted molar refractivity (Wildman–Crippen MR) is 575 cm³/mol. The van der Waals surface area contributed by atoms with Crippen molar-refractivity contribution in [3.8, 4) is 0 Å². The van der Waals surface area contributed by atoms with Crippen molar-refractivity contribution < 1.29 is 57.5 Å². The Morgan fingerprint density at radius 1 is 0.142 bits per heavy atom. The Kier molecular flexibility index (Phi) is 87.6. The maximum absolute atomic E-state index is 10.1. The molecule has 120 heavy (non-hydrogen) atoms. The van der Waals surface area contributed by atoms with Crippen LogP contribution in [0.1, 0.15) is 490 Å². The summed E-state index contributed by atoms with van der Waals surface area (Å²) in [5.74, 6) is 0. The van der Waals surface area contributed by atoms with Gasteiger partial charge in [-0.2, -0.15) is 0 Å². The van der Waals surface area contributed by atoms with E-state index in [0.29, 0.717) is 82.5 Å². The summed E-state index contributed by atoms with van der Waals surface area (Å²) in [5.41, 5.74) is 0. The van der Waals surface area contributed by atoms with Gasteiger partial charge in [-0.1, -0.05) is 502 Å². The Morgan fingerprint density at radius 3 is 0.208 bits per heavy atom. The number of halogens is 4. The molecule has 24 heteroatoms. The van der Waals surface area contributed by atoms with Gasteiger partial charge in [0.05, 0.1) is 0 Å². The van der Waals surface area contributed by atoms with Gasteiger partial charge in [0.1, 0.15) is 0 Å². The Hall–Kier alpha value is 3.10. The molecule has 0 radical (unpaired) electrons. The van der Waals surface area contributed by atoms with Crippen LogP contribution in [0.25, 0.3) is 0 Å². The number of hydrogen-bond donors (Lipinski definition) is 8. The van der Waals surface area contributed by atoms with Crippen molar-refractivity contribution >= 4 is 93.0 Å². The summed E-state index contributed by atoms with van der Waals surface area (Å²) in [4.78, 5) is 0. The summed E-state index contributed by atoms with van der Waals surface area (Å²) >= 11 is 0. The van der Waals surface area contributed by atoms with E-state index in [1.54, 1.807) is 0 Å². The first-order valence-corrected chi connectivity index (χ1v) is 58.9. The number of hydrogen-bond acceptors (Lipinski definition) is 8. The van der Waals surface area contributed by atoms with Crippen LogP contribution in [0.15, 0.2) is 0 Å². The molecule has 0 saturated heterocycles. The van der Waals surface area contributed by atoms with Gasteiger partial charge in [-0.25, -0.2) is 0 Å². The van der Waals surface area contributed by atoms with Crippen molar-refractivity contribution in [2.75, 3.05) is 49.3 Å². The van der Waals surface area contributed by atoms with Crippen molar-refractivity contribution in [2.45, 2.75) is 573 Å². The quantitative estimate of drug-likeness (QED) is 0.0269. The van der Waals surface area contributed by atoms with E-state index in [1.165, 1.54) is 152 Å². The highest BCUT2D eigenvalue weighted by Gasteiger charge is 2.40. The first-order chi connectivity index (χ1) is 52.5. The van der Waals surface area contributed by atoms with Crippen LogP contribution in [-0.2, 0) is 0 Å². The first-order valence-electron chi connectivity index (χ1n) is 46.7. The second kappa shape index (κ2) is 70.7. The van der Waals surface area contributed by atoms with Crippen molar-refractivity contribution in [2.24, 2.45) is 0 Å². The van der Waals surface area contributed by atoms with E-state index >= 15 is 0 Å². The fourth-order valence-electron chi connectivity index (χ4n) is 15.9. The van der Waals surface area contributed by atoms with Gasteiger partial charge in [-0.15, -0.1) is 0 Å². The molecule has 0 aliphatic heterocycles. The maximum atomic E-state index is 10.1. The molecule has 0 amide bonds. The van der Waals surface area contributed by atoms with E-state index in [2.05, 4.69) is 388 Å². The van der Waals surface area contributed by atoms with E-state index in [4.69, 9.17) is 40.2 Å². The van der Waals surface area contributed by atoms with Crippen molar-refractivity contribution in [3.63, 3.8) is 0 Å². The van der Waals surface area contributed by atoms with E-state index in [-0.39, 0.29) is 63.4 Å². The summed E-state index contributed by atoms with van der Waals surface area (Å²) < 4.78 is 40.4. The van der Waals surface area contributed by atoms with Gasteiger partial charge in [0.25, 0.3) is 0 Å². The van der Waals surface area contributed by atoms with Gasteiger partial charge in [0.15, 0.2) is 0 Å². The molecule has 0 aromatic heterocycles. The molecule has 0 heterocycles. The smallest absolute Gasteiger partial charge is 0.398 e. The Morgan fingerprint density at radius 2 is 0.183 bits per heavy atom. The van der Waals surface area contributed by atoms with Crippen LogP contribution in [0.2, 0.25) is 0 Å². The zero-order valence-electron chi connectivity index (χ0n) is 91.9. The molecule has 0 unspecified atom stereocenters. The van der Waals surface area contributed by atoms with E-state index in [0.717, 1.165) is 0 Å². The third-order valence-electron chi connectivity index (χ3n) is 18.8. The minimum Gasteiger partial charge on any atom is -0.398 e. The fourth-order valence-corrected chi connectivity index (χ4v) is 47.8. The molecule has 0 rings (SSSR count). The lowest BCUT2D eigenvalue weighted by molar-refractivity contribution is 0.338. The predicted octanol–water partition coefficient (Wildman–Crippen LogP) is 34.6. The van der Waals surface area contributed by atoms with Crippen LogP contribution in [-0.4, -0.2) is 202 Å². The zero-order valence-corrected chi connectivity index (χ0v) is 99.1. The molecule has 0 spiro atoms. The molecular formula is C96H224B4F4O8P8. The van der Waals surface area contributed by atoms with Gasteiger partial charge >= 0.3 is 29.6 Å². The topological polar surface area (TPSA) is 162 Å². The standard InChI is InChI=1S/8C12H27P.4BFH2O2/c8*1-8-9-10-13(11(2,3)4)12(5,6)7;4*2-1(3)4/h8*8-10H2,1-7H3;4*3-4H. The zero-order chi connectivity index (χ0) is 99.9. The van der Waals surface area contributed by atoms with E-state index in [9.17, 15) is 17.3 Å². The molecule has 8 nitrogen and oxygen atoms in total. The molecule has 0 bridgehead atoms. The lowest BCUT2D eigenvalue weighted by Gasteiger charge is -2.41. The third-order valence-corrected chi connectivity index (χ3v) is 50.9. The van der Waals surface area contributed by atoms with Gasteiger partial charge in [0.2, 0.25) is 0 Å². The molecule has 0 aromatic carbocycles. The highest BCUT2D eigenvalue weighted by Crippen LogP contribution is 2.65. The number of unbranched alkanes of at least 4 members (excludes halogenated alkanes) is 8. The van der Waals surface area contributed by atoms with Gasteiger partial charge in [-0.05, 0) is 183 Å². The minimum absolute atomic E-state index is 0.151. The van der Waals surface area contributed by atoms with Crippen molar-refractivity contribution in [3.05, 3.63) is 0 Å². The molecule has 0 fully saturated rings. The van der Waals surface area contributed by atoms with Gasteiger partial charge in [0, 0.05) is 0 Å². The molecule has 0 saturated carbocycles. The molecule has 0 aromatic rings. The molecule has 736 valence electrons. The average molecular weight is 1870 g/mol. The van der Waals surface area contributed by atoms with Crippen LogP contribution in [0, 0.1) is 0 Å². The summed E-state index contributed by atoms with van der Waals surface area (Å²) in [7, 11) is -9.46. The second-order valence-electron chi connectivity index (χ2n) is 48.0. The largest absolute Gasteiger partial charge is 0.674 e. The molecule has 0 atom stereocenters. The second-order valence-corrected chi connectivity index (χ2v) is 79.9. The Balaban J connectivity index is -0.000000108. The van der Waals surface area contributed by atoms with Crippen molar-refractivity contribution in [1.82, 2.24) is 0 Å². The first kappa shape index (κ1) is 149. The van der Waals surface area contributed by atoms with Gasteiger partial charge < -0.3 is 40.2 Å². The summed E-state index contributed by atoms with van der Waals surface area (Å²) in [6.45, 7) is 134. The average Bonchev–Trinajstić information content (AvgIpc) is 0.898. The number of rotatable bonds is 24. The van der Waals surface area contributed by atoms with Crippen molar-refractivity contribution in [1.29, 1.82) is 0 Å². The summed E-state index contributed by atoms with van der Waals surface area (Å²) in [5, 5.41) is 63.8. The van der Waals surface area contributed by atoms with Crippen LogP contribution in [0.5, 0.6) is 0 Å². The Labute approximate surface area is 767 Å². The molecule has 0 aliphatic rings. The summed E-state index contributed by atoms with van der Waals surface area (Å²) in [6, 6.07) is 0. The lowest BCUT2D eigenvalue weighted by atomic mass is 10.2. The fraction of sp³-hybridized carbons (Fsp3) is 1.00. The van der Waals surface area contributed by atoms with E-state index < -0.39 is 29.6 Å². The van der Waals surface area contributed by atoms with Gasteiger partial charge in [-0.3, -0.25) is 17.3 Å². The van der Waals surface area contributed by atoms with Crippen LogP contribution in [0.4, 0.5) is 17.3 Å². The highest BCUT2D eigenvalue weighted by atomic mass is 31.1. The molecule has 8 N–H and O–H groups in total. The van der Waals surface area contributed by atoms with Crippen LogP contribution in [0.3, 0.4) is 0 Å². The minimum atomic E-state index is -2.67. The lowest BCUT2D eigenvalue weighted by Crippen LogP contribution is -2.26.